The standard InChI is InChI=1S/C13H17N5/c1-5-11-16-9-7-15-10(6-14)17-12(9)18(11)8-13(2,3)4/h7H,5,8H2,1-4H3. The summed E-state index contributed by atoms with van der Waals surface area (Å²) in [4.78, 5) is 12.8. The molecule has 0 bridgehead atoms. The first-order valence-electron chi connectivity index (χ1n) is 6.07. The summed E-state index contributed by atoms with van der Waals surface area (Å²) in [6, 6.07) is 1.97. The van der Waals surface area contributed by atoms with Gasteiger partial charge in [-0.15, -0.1) is 0 Å². The van der Waals surface area contributed by atoms with Gasteiger partial charge in [-0.1, -0.05) is 27.7 Å². The maximum absolute atomic E-state index is 8.88. The van der Waals surface area contributed by atoms with Crippen LogP contribution in [0.3, 0.4) is 0 Å². The number of rotatable bonds is 2. The highest BCUT2D eigenvalue weighted by Gasteiger charge is 2.18. The molecule has 18 heavy (non-hydrogen) atoms. The van der Waals surface area contributed by atoms with E-state index in [-0.39, 0.29) is 11.2 Å². The van der Waals surface area contributed by atoms with Gasteiger partial charge in [-0.05, 0) is 5.41 Å². The Hall–Kier alpha value is -1.96. The number of fused-ring (bicyclic) bond motifs is 1. The van der Waals surface area contributed by atoms with Crippen molar-refractivity contribution in [1.82, 2.24) is 19.5 Å². The molecule has 2 rings (SSSR count). The van der Waals surface area contributed by atoms with Crippen LogP contribution in [0.25, 0.3) is 11.2 Å². The summed E-state index contributed by atoms with van der Waals surface area (Å²) in [7, 11) is 0. The van der Waals surface area contributed by atoms with E-state index in [2.05, 4.69) is 47.2 Å². The lowest BCUT2D eigenvalue weighted by molar-refractivity contribution is 0.342. The Morgan fingerprint density at radius 3 is 2.61 bits per heavy atom. The third-order valence-electron chi connectivity index (χ3n) is 2.62. The molecule has 0 N–H and O–H groups in total. The quantitative estimate of drug-likeness (QED) is 0.811. The van der Waals surface area contributed by atoms with Gasteiger partial charge in [0.25, 0.3) is 0 Å². The predicted octanol–water partition coefficient (Wildman–Crippen LogP) is 2.31. The molecular weight excluding hydrogens is 226 g/mol. The first kappa shape index (κ1) is 12.5. The number of nitriles is 1. The molecule has 0 radical (unpaired) electrons. The summed E-state index contributed by atoms with van der Waals surface area (Å²) in [5.74, 6) is 1.18. The second-order valence-electron chi connectivity index (χ2n) is 5.54. The SMILES string of the molecule is CCc1nc2cnc(C#N)nc2n1CC(C)(C)C. The summed E-state index contributed by atoms with van der Waals surface area (Å²) in [5.41, 5.74) is 1.65. The molecule has 0 aliphatic carbocycles. The van der Waals surface area contributed by atoms with Gasteiger partial charge in [-0.25, -0.2) is 9.97 Å². The van der Waals surface area contributed by atoms with Crippen molar-refractivity contribution >= 4 is 11.2 Å². The zero-order valence-electron chi connectivity index (χ0n) is 11.2. The molecule has 2 aromatic heterocycles. The van der Waals surface area contributed by atoms with E-state index in [0.29, 0.717) is 0 Å². The first-order chi connectivity index (χ1) is 8.44. The number of nitrogens with zero attached hydrogens (tertiary/aromatic N) is 5. The Labute approximate surface area is 107 Å². The molecular formula is C13H17N5. The summed E-state index contributed by atoms with van der Waals surface area (Å²) >= 11 is 0. The summed E-state index contributed by atoms with van der Waals surface area (Å²) < 4.78 is 2.10. The Bertz CT molecular complexity index is 613. The highest BCUT2D eigenvalue weighted by molar-refractivity contribution is 5.70. The van der Waals surface area contributed by atoms with E-state index in [1.807, 2.05) is 6.07 Å². The van der Waals surface area contributed by atoms with E-state index in [0.717, 1.165) is 30.0 Å². The molecule has 0 fully saturated rings. The molecule has 0 aliphatic rings. The monoisotopic (exact) mass is 243 g/mol. The van der Waals surface area contributed by atoms with Gasteiger partial charge in [0.05, 0.1) is 6.20 Å². The fourth-order valence-electron chi connectivity index (χ4n) is 1.93. The number of imidazole rings is 1. The van der Waals surface area contributed by atoms with Crippen LogP contribution in [0.15, 0.2) is 6.20 Å². The van der Waals surface area contributed by atoms with Crippen LogP contribution >= 0.6 is 0 Å². The first-order valence-corrected chi connectivity index (χ1v) is 6.07. The van der Waals surface area contributed by atoms with Crippen LogP contribution in [0.5, 0.6) is 0 Å². The van der Waals surface area contributed by atoms with E-state index in [4.69, 9.17) is 5.26 Å². The lowest BCUT2D eigenvalue weighted by Gasteiger charge is -2.20. The van der Waals surface area contributed by atoms with Gasteiger partial charge in [0.15, 0.2) is 5.65 Å². The second kappa shape index (κ2) is 4.37. The Morgan fingerprint density at radius 2 is 2.06 bits per heavy atom. The summed E-state index contributed by atoms with van der Waals surface area (Å²) in [6.07, 6.45) is 2.47. The minimum Gasteiger partial charge on any atom is -0.312 e. The third-order valence-corrected chi connectivity index (χ3v) is 2.62. The summed E-state index contributed by atoms with van der Waals surface area (Å²) in [5, 5.41) is 8.88. The topological polar surface area (TPSA) is 67.4 Å². The fraction of sp³-hybridized carbons (Fsp3) is 0.538. The van der Waals surface area contributed by atoms with Crippen molar-refractivity contribution < 1.29 is 0 Å². The van der Waals surface area contributed by atoms with E-state index < -0.39 is 0 Å². The summed E-state index contributed by atoms with van der Waals surface area (Å²) in [6.45, 7) is 9.41. The molecule has 0 saturated carbocycles. The second-order valence-corrected chi connectivity index (χ2v) is 5.54. The molecule has 94 valence electrons. The third kappa shape index (κ3) is 2.33. The molecule has 2 aromatic rings. The van der Waals surface area contributed by atoms with Crippen LogP contribution in [0.1, 0.15) is 39.3 Å². The van der Waals surface area contributed by atoms with E-state index in [1.165, 1.54) is 0 Å². The largest absolute Gasteiger partial charge is 0.312 e. The van der Waals surface area contributed by atoms with E-state index in [9.17, 15) is 0 Å². The van der Waals surface area contributed by atoms with Crippen molar-refractivity contribution in [3.8, 4) is 6.07 Å². The van der Waals surface area contributed by atoms with Gasteiger partial charge in [0.1, 0.15) is 17.4 Å². The van der Waals surface area contributed by atoms with Crippen LogP contribution in [0.4, 0.5) is 0 Å². The molecule has 0 aliphatic heterocycles. The molecule has 5 heteroatoms. The average molecular weight is 243 g/mol. The number of aryl methyl sites for hydroxylation is 1. The van der Waals surface area contributed by atoms with Crippen LogP contribution in [0.2, 0.25) is 0 Å². The lowest BCUT2D eigenvalue weighted by Crippen LogP contribution is -2.17. The minimum atomic E-state index is 0.134. The van der Waals surface area contributed by atoms with Crippen molar-refractivity contribution in [1.29, 1.82) is 5.26 Å². The van der Waals surface area contributed by atoms with Crippen LogP contribution in [-0.4, -0.2) is 19.5 Å². The minimum absolute atomic E-state index is 0.134. The highest BCUT2D eigenvalue weighted by atomic mass is 15.1. The van der Waals surface area contributed by atoms with Crippen LogP contribution in [-0.2, 0) is 13.0 Å². The molecule has 2 heterocycles. The number of hydrogen-bond acceptors (Lipinski definition) is 4. The maximum Gasteiger partial charge on any atom is 0.234 e. The van der Waals surface area contributed by atoms with Crippen LogP contribution < -0.4 is 0 Å². The van der Waals surface area contributed by atoms with E-state index >= 15 is 0 Å². The normalized spacial score (nSPS) is 11.7. The number of aromatic nitrogens is 4. The Kier molecular flexibility index (Phi) is 3.04. The highest BCUT2D eigenvalue weighted by Crippen LogP contribution is 2.22. The fourth-order valence-corrected chi connectivity index (χ4v) is 1.93. The van der Waals surface area contributed by atoms with Crippen molar-refractivity contribution in [3.63, 3.8) is 0 Å². The molecule has 0 spiro atoms. The smallest absolute Gasteiger partial charge is 0.234 e. The number of hydrogen-bond donors (Lipinski definition) is 0. The zero-order chi connectivity index (χ0) is 13.3. The average Bonchev–Trinajstić information content (AvgIpc) is 2.64. The maximum atomic E-state index is 8.88. The van der Waals surface area contributed by atoms with Crippen molar-refractivity contribution in [2.24, 2.45) is 5.41 Å². The van der Waals surface area contributed by atoms with Gasteiger partial charge in [0, 0.05) is 13.0 Å². The van der Waals surface area contributed by atoms with Gasteiger partial charge in [0.2, 0.25) is 5.82 Å². The van der Waals surface area contributed by atoms with Crippen molar-refractivity contribution in [3.05, 3.63) is 17.8 Å². The van der Waals surface area contributed by atoms with Gasteiger partial charge < -0.3 is 4.57 Å². The Balaban J connectivity index is 2.63. The van der Waals surface area contributed by atoms with E-state index in [1.54, 1.807) is 6.20 Å². The zero-order valence-corrected chi connectivity index (χ0v) is 11.2. The molecule has 5 nitrogen and oxygen atoms in total. The van der Waals surface area contributed by atoms with Crippen molar-refractivity contribution in [2.45, 2.75) is 40.7 Å². The Morgan fingerprint density at radius 1 is 1.33 bits per heavy atom. The lowest BCUT2D eigenvalue weighted by atomic mass is 9.97. The molecule has 0 atom stereocenters. The van der Waals surface area contributed by atoms with Crippen LogP contribution in [0, 0.1) is 16.7 Å². The van der Waals surface area contributed by atoms with Gasteiger partial charge in [-0.3, -0.25) is 0 Å². The molecule has 0 saturated heterocycles. The molecule has 0 unspecified atom stereocenters. The molecule has 0 amide bonds. The molecule has 0 aromatic carbocycles. The van der Waals surface area contributed by atoms with Gasteiger partial charge in [-0.2, -0.15) is 10.2 Å². The predicted molar refractivity (Wildman–Crippen MR) is 68.9 cm³/mol. The van der Waals surface area contributed by atoms with Crippen molar-refractivity contribution in [2.75, 3.05) is 0 Å². The van der Waals surface area contributed by atoms with Gasteiger partial charge >= 0.3 is 0 Å².